The molecule has 0 aromatic heterocycles. The summed E-state index contributed by atoms with van der Waals surface area (Å²) in [7, 11) is 0. The molecule has 1 fully saturated rings. The Morgan fingerprint density at radius 1 is 1.33 bits per heavy atom. The van der Waals surface area contributed by atoms with E-state index in [1.165, 1.54) is 6.42 Å². The molecule has 1 saturated heterocycles. The Hall–Kier alpha value is -0.0400. The van der Waals surface area contributed by atoms with Gasteiger partial charge < -0.3 is 4.90 Å². The Morgan fingerprint density at radius 3 is 2.42 bits per heavy atom. The summed E-state index contributed by atoms with van der Waals surface area (Å²) in [5, 5.41) is 8.27. The van der Waals surface area contributed by atoms with Gasteiger partial charge in [-0.3, -0.25) is 4.79 Å². The first-order chi connectivity index (χ1) is 5.34. The molecule has 61 valence electrons. The Balaban J connectivity index is 0.00000121. The van der Waals surface area contributed by atoms with E-state index < -0.39 is 0 Å². The van der Waals surface area contributed by atoms with Crippen molar-refractivity contribution in [2.24, 2.45) is 0 Å². The molecule has 1 heterocycles. The van der Waals surface area contributed by atoms with Crippen LogP contribution in [0.15, 0.2) is 0 Å². The van der Waals surface area contributed by atoms with Crippen molar-refractivity contribution in [1.82, 2.24) is 4.90 Å². The number of nitriles is 1. The Bertz CT molecular complexity index is 182. The number of likely N-dealkylation sites (tertiary alicyclic amines) is 1. The topological polar surface area (TPSA) is 44.1 Å². The van der Waals surface area contributed by atoms with Crippen LogP contribution in [0.4, 0.5) is 0 Å². The molecule has 0 aromatic rings. The molecule has 0 saturated carbocycles. The van der Waals surface area contributed by atoms with Gasteiger partial charge in [-0.25, -0.2) is 0 Å². The number of rotatable bonds is 1. The van der Waals surface area contributed by atoms with Crippen molar-refractivity contribution in [3.63, 3.8) is 0 Å². The second-order valence-corrected chi connectivity index (χ2v) is 2.78. The second-order valence-electron chi connectivity index (χ2n) is 2.78. The van der Waals surface area contributed by atoms with Gasteiger partial charge in [0.25, 0.3) is 0 Å². The van der Waals surface area contributed by atoms with Gasteiger partial charge in [-0.1, -0.05) is 0 Å². The van der Waals surface area contributed by atoms with Gasteiger partial charge in [0.2, 0.25) is 5.91 Å². The van der Waals surface area contributed by atoms with Crippen LogP contribution in [0.1, 0.15) is 25.7 Å². The monoisotopic (exact) mass is 175 g/mol. The van der Waals surface area contributed by atoms with Crippen LogP contribution in [-0.4, -0.2) is 53.5 Å². The molecule has 0 spiro atoms. The van der Waals surface area contributed by atoms with Crippen molar-refractivity contribution in [1.29, 1.82) is 5.26 Å². The average Bonchev–Trinajstić information content (AvgIpc) is 2.07. The van der Waals surface area contributed by atoms with E-state index in [9.17, 15) is 4.79 Å². The quantitative estimate of drug-likeness (QED) is 0.546. The molecule has 12 heavy (non-hydrogen) atoms. The molecular weight excluding hydrogens is 163 g/mol. The summed E-state index contributed by atoms with van der Waals surface area (Å²) in [6, 6.07) is 1.87. The van der Waals surface area contributed by atoms with Gasteiger partial charge in [0.05, 0.1) is 6.07 Å². The first-order valence-electron chi connectivity index (χ1n) is 3.99. The summed E-state index contributed by atoms with van der Waals surface area (Å²) < 4.78 is 0. The number of hydrogen-bond acceptors (Lipinski definition) is 2. The summed E-state index contributed by atoms with van der Waals surface area (Å²) in [6.07, 6.45) is 3.45. The predicted octanol–water partition coefficient (Wildman–Crippen LogP) is 0.532. The molecule has 4 heteroatoms. The minimum absolute atomic E-state index is 0. The summed E-state index contributed by atoms with van der Waals surface area (Å²) in [6.45, 7) is 1.70. The molecule has 1 amide bonds. The number of piperidine rings is 1. The Labute approximate surface area is 95.0 Å². The smallest absolute Gasteiger partial charge is 0.236 e. The Morgan fingerprint density at radius 2 is 1.92 bits per heavy atom. The summed E-state index contributed by atoms with van der Waals surface area (Å²) in [5.74, 6) is -0.00722. The van der Waals surface area contributed by atoms with Crippen LogP contribution >= 0.6 is 0 Å². The first kappa shape index (κ1) is 12.0. The number of carbonyl (C=O) groups is 1. The van der Waals surface area contributed by atoms with Crippen LogP contribution < -0.4 is 0 Å². The van der Waals surface area contributed by atoms with Gasteiger partial charge in [-0.15, -0.1) is 0 Å². The van der Waals surface area contributed by atoms with Crippen molar-refractivity contribution in [2.45, 2.75) is 25.7 Å². The van der Waals surface area contributed by atoms with E-state index in [-0.39, 0.29) is 41.9 Å². The molecule has 1 rings (SSSR count). The summed E-state index contributed by atoms with van der Waals surface area (Å²) in [5.41, 5.74) is 0. The van der Waals surface area contributed by atoms with E-state index in [0.717, 1.165) is 25.9 Å². The predicted molar refractivity (Wildman–Crippen MR) is 46.4 cm³/mol. The van der Waals surface area contributed by atoms with E-state index >= 15 is 0 Å². The van der Waals surface area contributed by atoms with Crippen molar-refractivity contribution in [2.75, 3.05) is 13.1 Å². The molecule has 0 aliphatic carbocycles. The SMILES string of the molecule is N#CCC(=O)N1CCCCC1.[Na]. The van der Waals surface area contributed by atoms with E-state index in [4.69, 9.17) is 5.26 Å². The number of hydrogen-bond donors (Lipinski definition) is 0. The molecule has 3 nitrogen and oxygen atoms in total. The normalized spacial score (nSPS) is 16.1. The fraction of sp³-hybridized carbons (Fsp3) is 0.750. The van der Waals surface area contributed by atoms with Crippen molar-refractivity contribution < 1.29 is 4.79 Å². The third-order valence-corrected chi connectivity index (χ3v) is 1.94. The van der Waals surface area contributed by atoms with Crippen LogP contribution in [0, 0.1) is 11.3 Å². The maximum atomic E-state index is 11.1. The van der Waals surface area contributed by atoms with Crippen molar-refractivity contribution in [3.8, 4) is 6.07 Å². The minimum Gasteiger partial charge on any atom is -0.342 e. The van der Waals surface area contributed by atoms with Crippen LogP contribution in [0.5, 0.6) is 0 Å². The van der Waals surface area contributed by atoms with E-state index in [0.29, 0.717) is 0 Å². The van der Waals surface area contributed by atoms with Crippen LogP contribution in [0.3, 0.4) is 0 Å². The molecule has 1 radical (unpaired) electrons. The number of amides is 1. The zero-order valence-electron chi connectivity index (χ0n) is 7.55. The number of nitrogens with zero attached hydrogens (tertiary/aromatic N) is 2. The van der Waals surface area contributed by atoms with Crippen molar-refractivity contribution in [3.05, 3.63) is 0 Å². The molecule has 0 bridgehead atoms. The minimum atomic E-state index is -0.00722. The van der Waals surface area contributed by atoms with Gasteiger partial charge in [0, 0.05) is 42.6 Å². The van der Waals surface area contributed by atoms with E-state index in [1.54, 1.807) is 4.90 Å². The summed E-state index contributed by atoms with van der Waals surface area (Å²) >= 11 is 0. The van der Waals surface area contributed by atoms with Crippen LogP contribution in [0.2, 0.25) is 0 Å². The molecule has 1 aliphatic heterocycles. The van der Waals surface area contributed by atoms with Gasteiger partial charge >= 0.3 is 0 Å². The van der Waals surface area contributed by atoms with Crippen molar-refractivity contribution >= 4 is 35.5 Å². The summed E-state index contributed by atoms with van der Waals surface area (Å²) in [4.78, 5) is 12.9. The van der Waals surface area contributed by atoms with Gasteiger partial charge in [-0.2, -0.15) is 5.26 Å². The maximum Gasteiger partial charge on any atom is 0.236 e. The largest absolute Gasteiger partial charge is 0.342 e. The zero-order valence-corrected chi connectivity index (χ0v) is 9.55. The van der Waals surface area contributed by atoms with E-state index in [1.807, 2.05) is 6.07 Å². The molecule has 0 unspecified atom stereocenters. The number of carbonyl (C=O) groups excluding carboxylic acids is 1. The van der Waals surface area contributed by atoms with Gasteiger partial charge in [0.15, 0.2) is 0 Å². The third kappa shape index (κ3) is 3.57. The molecular formula is C8H12N2NaO. The van der Waals surface area contributed by atoms with Gasteiger partial charge in [0.1, 0.15) is 6.42 Å². The molecule has 0 atom stereocenters. The van der Waals surface area contributed by atoms with E-state index in [2.05, 4.69) is 0 Å². The Kier molecular flexibility index (Phi) is 6.45. The molecule has 1 aliphatic rings. The second kappa shape index (κ2) is 6.47. The molecule has 0 N–H and O–H groups in total. The van der Waals surface area contributed by atoms with Crippen LogP contribution in [-0.2, 0) is 4.79 Å². The van der Waals surface area contributed by atoms with Crippen LogP contribution in [0.25, 0.3) is 0 Å². The molecule has 0 aromatic carbocycles. The third-order valence-electron chi connectivity index (χ3n) is 1.94. The average molecular weight is 175 g/mol. The maximum absolute atomic E-state index is 11.1. The fourth-order valence-electron chi connectivity index (χ4n) is 1.32. The fourth-order valence-corrected chi connectivity index (χ4v) is 1.32. The first-order valence-corrected chi connectivity index (χ1v) is 3.99. The van der Waals surface area contributed by atoms with Gasteiger partial charge in [-0.05, 0) is 19.3 Å². The zero-order chi connectivity index (χ0) is 8.10. The standard InChI is InChI=1S/C8H12N2O.Na/c9-5-4-8(11)10-6-2-1-3-7-10;/h1-4,6-7H2;.